The van der Waals surface area contributed by atoms with Crippen molar-refractivity contribution in [3.05, 3.63) is 60.3 Å². The third kappa shape index (κ3) is 1.96. The van der Waals surface area contributed by atoms with Gasteiger partial charge in [-0.1, -0.05) is 47.9 Å². The van der Waals surface area contributed by atoms with Gasteiger partial charge in [-0.05, 0) is 11.6 Å². The van der Waals surface area contributed by atoms with Gasteiger partial charge in [0.25, 0.3) is 0 Å². The maximum absolute atomic E-state index is 5.91. The monoisotopic (exact) mass is 218 g/mol. The van der Waals surface area contributed by atoms with Crippen molar-refractivity contribution in [3.8, 4) is 0 Å². The molecule has 0 aliphatic rings. The molecule has 17 heavy (non-hydrogen) atoms. The fourth-order valence-corrected chi connectivity index (χ4v) is 1.97. The van der Waals surface area contributed by atoms with Gasteiger partial charge in [-0.2, -0.15) is 5.10 Å². The van der Waals surface area contributed by atoms with E-state index in [2.05, 4.69) is 17.2 Å². The van der Waals surface area contributed by atoms with Gasteiger partial charge in [0, 0.05) is 11.6 Å². The second-order valence-corrected chi connectivity index (χ2v) is 4.09. The van der Waals surface area contributed by atoms with Gasteiger partial charge in [0.05, 0.1) is 12.1 Å². The Balaban J connectivity index is 1.99. The average molecular weight is 218 g/mol. The highest BCUT2D eigenvalue weighted by Gasteiger charge is 2.02. The minimum Gasteiger partial charge on any atom is -0.267 e. The normalized spacial score (nSPS) is 10.8. The summed E-state index contributed by atoms with van der Waals surface area (Å²) >= 11 is 0. The van der Waals surface area contributed by atoms with Crippen LogP contribution >= 0.6 is 0 Å². The summed E-state index contributed by atoms with van der Waals surface area (Å²) in [6, 6.07) is 16.1. The Bertz CT molecular complexity index is 644. The Labute approximate surface area is 101 Å². The molecular weight excluding hydrogens is 207 g/mol. The molecule has 0 fully saturated rings. The number of fused-ring (bicyclic) bond motifs is 1. The SMILES string of the molecule is [B]c1cccc2nn(Cc3ccccc3)cc12. The van der Waals surface area contributed by atoms with Crippen molar-refractivity contribution < 1.29 is 0 Å². The van der Waals surface area contributed by atoms with Crippen LogP contribution < -0.4 is 5.46 Å². The van der Waals surface area contributed by atoms with Gasteiger partial charge in [-0.3, -0.25) is 4.68 Å². The third-order valence-corrected chi connectivity index (χ3v) is 2.82. The summed E-state index contributed by atoms with van der Waals surface area (Å²) in [5.74, 6) is 0. The van der Waals surface area contributed by atoms with E-state index in [1.807, 2.05) is 47.3 Å². The maximum atomic E-state index is 5.91. The molecule has 0 atom stereocenters. The van der Waals surface area contributed by atoms with E-state index in [1.165, 1.54) is 5.56 Å². The van der Waals surface area contributed by atoms with Crippen LogP contribution in [0.4, 0.5) is 0 Å². The summed E-state index contributed by atoms with van der Waals surface area (Å²) in [7, 11) is 5.91. The highest BCUT2D eigenvalue weighted by Crippen LogP contribution is 2.10. The van der Waals surface area contributed by atoms with Crippen molar-refractivity contribution in [2.24, 2.45) is 0 Å². The summed E-state index contributed by atoms with van der Waals surface area (Å²) in [6.45, 7) is 0.773. The maximum Gasteiger partial charge on any atom is 0.114 e. The number of rotatable bonds is 2. The van der Waals surface area contributed by atoms with Gasteiger partial charge in [0.15, 0.2) is 0 Å². The number of hydrogen-bond donors (Lipinski definition) is 0. The molecule has 2 nitrogen and oxygen atoms in total. The standard InChI is InChI=1S/C14H11BN2/c15-13-7-4-8-14-12(13)10-17(16-14)9-11-5-2-1-3-6-11/h1-8,10H,9H2. The van der Waals surface area contributed by atoms with Crippen molar-refractivity contribution in [2.75, 3.05) is 0 Å². The smallest absolute Gasteiger partial charge is 0.114 e. The Kier molecular flexibility index (Phi) is 2.44. The van der Waals surface area contributed by atoms with Crippen LogP contribution in [-0.4, -0.2) is 17.6 Å². The molecular formula is C14H11BN2. The van der Waals surface area contributed by atoms with Gasteiger partial charge in [0.1, 0.15) is 7.85 Å². The first-order valence-electron chi connectivity index (χ1n) is 5.58. The van der Waals surface area contributed by atoms with E-state index in [0.29, 0.717) is 0 Å². The zero-order chi connectivity index (χ0) is 11.7. The molecule has 0 aliphatic carbocycles. The van der Waals surface area contributed by atoms with E-state index in [0.717, 1.165) is 22.9 Å². The highest BCUT2D eigenvalue weighted by molar-refractivity contribution is 6.38. The topological polar surface area (TPSA) is 17.8 Å². The van der Waals surface area contributed by atoms with Crippen LogP contribution in [0.5, 0.6) is 0 Å². The van der Waals surface area contributed by atoms with Crippen molar-refractivity contribution in [2.45, 2.75) is 6.54 Å². The van der Waals surface area contributed by atoms with Crippen LogP contribution in [0.3, 0.4) is 0 Å². The summed E-state index contributed by atoms with van der Waals surface area (Å²) in [6.07, 6.45) is 2.00. The summed E-state index contributed by atoms with van der Waals surface area (Å²) < 4.78 is 1.93. The Morgan fingerprint density at radius 3 is 2.59 bits per heavy atom. The van der Waals surface area contributed by atoms with E-state index in [1.54, 1.807) is 0 Å². The van der Waals surface area contributed by atoms with Crippen LogP contribution in [0.25, 0.3) is 10.9 Å². The largest absolute Gasteiger partial charge is 0.267 e. The lowest BCUT2D eigenvalue weighted by molar-refractivity contribution is 0.696. The zero-order valence-corrected chi connectivity index (χ0v) is 9.38. The number of aromatic nitrogens is 2. The van der Waals surface area contributed by atoms with E-state index >= 15 is 0 Å². The predicted molar refractivity (Wildman–Crippen MR) is 70.7 cm³/mol. The fourth-order valence-electron chi connectivity index (χ4n) is 1.97. The summed E-state index contributed by atoms with van der Waals surface area (Å²) in [4.78, 5) is 0. The van der Waals surface area contributed by atoms with Gasteiger partial charge in [-0.15, -0.1) is 0 Å². The lowest BCUT2D eigenvalue weighted by Crippen LogP contribution is -2.01. The first kappa shape index (κ1) is 10.1. The molecule has 0 unspecified atom stereocenters. The second-order valence-electron chi connectivity index (χ2n) is 4.09. The van der Waals surface area contributed by atoms with Gasteiger partial charge >= 0.3 is 0 Å². The molecule has 0 bridgehead atoms. The molecule has 0 saturated carbocycles. The lowest BCUT2D eigenvalue weighted by atomic mass is 9.93. The van der Waals surface area contributed by atoms with Crippen molar-refractivity contribution in [1.29, 1.82) is 0 Å². The van der Waals surface area contributed by atoms with Gasteiger partial charge < -0.3 is 0 Å². The van der Waals surface area contributed by atoms with Crippen LogP contribution in [0.15, 0.2) is 54.7 Å². The fraction of sp³-hybridized carbons (Fsp3) is 0.0714. The Morgan fingerprint density at radius 2 is 1.82 bits per heavy atom. The minimum absolute atomic E-state index is 0.773. The lowest BCUT2D eigenvalue weighted by Gasteiger charge is -2.00. The molecule has 3 rings (SSSR count). The number of hydrogen-bond acceptors (Lipinski definition) is 1. The van der Waals surface area contributed by atoms with Crippen molar-refractivity contribution in [3.63, 3.8) is 0 Å². The van der Waals surface area contributed by atoms with Crippen LogP contribution in [0.2, 0.25) is 0 Å². The van der Waals surface area contributed by atoms with Crippen molar-refractivity contribution in [1.82, 2.24) is 9.78 Å². The molecule has 1 aromatic heterocycles. The Hall–Kier alpha value is -2.03. The molecule has 0 spiro atoms. The minimum atomic E-state index is 0.773. The van der Waals surface area contributed by atoms with Crippen LogP contribution in [-0.2, 0) is 6.54 Å². The van der Waals surface area contributed by atoms with E-state index in [4.69, 9.17) is 7.85 Å². The van der Waals surface area contributed by atoms with Crippen LogP contribution in [0.1, 0.15) is 5.56 Å². The van der Waals surface area contributed by atoms with E-state index in [-0.39, 0.29) is 0 Å². The third-order valence-electron chi connectivity index (χ3n) is 2.82. The predicted octanol–water partition coefficient (Wildman–Crippen LogP) is 1.88. The van der Waals surface area contributed by atoms with Gasteiger partial charge in [-0.25, -0.2) is 0 Å². The molecule has 2 radical (unpaired) electrons. The quantitative estimate of drug-likeness (QED) is 0.600. The molecule has 1 heterocycles. The molecule has 2 aromatic carbocycles. The molecule has 3 aromatic rings. The first-order chi connectivity index (χ1) is 8.33. The highest BCUT2D eigenvalue weighted by atomic mass is 15.3. The van der Waals surface area contributed by atoms with Crippen molar-refractivity contribution >= 4 is 24.2 Å². The second kappa shape index (κ2) is 4.09. The molecule has 80 valence electrons. The molecule has 0 amide bonds. The number of nitrogens with zero attached hydrogens (tertiary/aromatic N) is 2. The van der Waals surface area contributed by atoms with Crippen LogP contribution in [0, 0.1) is 0 Å². The van der Waals surface area contributed by atoms with Gasteiger partial charge in [0.2, 0.25) is 0 Å². The van der Waals surface area contributed by atoms with E-state index < -0.39 is 0 Å². The molecule has 0 N–H and O–H groups in total. The Morgan fingerprint density at radius 1 is 1.00 bits per heavy atom. The molecule has 0 saturated heterocycles. The number of benzene rings is 2. The molecule has 0 aliphatic heterocycles. The first-order valence-corrected chi connectivity index (χ1v) is 5.58. The average Bonchev–Trinajstić information content (AvgIpc) is 2.74. The zero-order valence-electron chi connectivity index (χ0n) is 9.38. The summed E-state index contributed by atoms with van der Waals surface area (Å²) in [5, 5.41) is 5.52. The molecule has 3 heteroatoms. The van der Waals surface area contributed by atoms with E-state index in [9.17, 15) is 0 Å². The summed E-state index contributed by atoms with van der Waals surface area (Å²) in [5.41, 5.74) is 2.96.